The number of rotatable bonds is 8. The first-order chi connectivity index (χ1) is 10.2. The van der Waals surface area contributed by atoms with Crippen LogP contribution < -0.4 is 0 Å². The van der Waals surface area contributed by atoms with Gasteiger partial charge >= 0.3 is 0 Å². The molecule has 1 aromatic carbocycles. The second kappa shape index (κ2) is 8.72. The third-order valence-electron chi connectivity index (χ3n) is 3.34. The molecular formula is C16H20Cl2N2S. The van der Waals surface area contributed by atoms with Crippen molar-refractivity contribution < 1.29 is 0 Å². The normalized spacial score (nSPS) is 12.5. The van der Waals surface area contributed by atoms with E-state index in [-0.39, 0.29) is 0 Å². The van der Waals surface area contributed by atoms with Crippen molar-refractivity contribution in [1.82, 2.24) is 9.55 Å². The van der Waals surface area contributed by atoms with Crippen molar-refractivity contribution in [2.45, 2.75) is 49.3 Å². The lowest BCUT2D eigenvalue weighted by Gasteiger charge is -2.17. The van der Waals surface area contributed by atoms with Gasteiger partial charge in [-0.25, -0.2) is 4.98 Å². The van der Waals surface area contributed by atoms with Gasteiger partial charge in [0.15, 0.2) is 0 Å². The summed E-state index contributed by atoms with van der Waals surface area (Å²) in [6.07, 6.45) is 10.5. The number of thioether (sulfide) groups is 1. The summed E-state index contributed by atoms with van der Waals surface area (Å²) < 4.78 is 2.13. The average molecular weight is 343 g/mol. The fraction of sp³-hybridized carbons (Fsp3) is 0.438. The Hall–Kier alpha value is -0.640. The summed E-state index contributed by atoms with van der Waals surface area (Å²) in [4.78, 5) is 5.28. The van der Waals surface area contributed by atoms with E-state index >= 15 is 0 Å². The van der Waals surface area contributed by atoms with Crippen LogP contribution in [0.4, 0.5) is 0 Å². The SMILES string of the molecule is CCCCC(CCn1ccnc1)Sc1ccc(Cl)c(Cl)c1. The fourth-order valence-electron chi connectivity index (χ4n) is 2.15. The zero-order chi connectivity index (χ0) is 15.1. The molecule has 0 fully saturated rings. The molecule has 0 bridgehead atoms. The summed E-state index contributed by atoms with van der Waals surface area (Å²) in [5.74, 6) is 0. The fourth-order valence-corrected chi connectivity index (χ4v) is 3.74. The van der Waals surface area contributed by atoms with Crippen molar-refractivity contribution in [1.29, 1.82) is 0 Å². The maximum Gasteiger partial charge on any atom is 0.0945 e. The Balaban J connectivity index is 1.95. The Morgan fingerprint density at radius 1 is 1.24 bits per heavy atom. The van der Waals surface area contributed by atoms with Crippen LogP contribution in [0.15, 0.2) is 41.8 Å². The van der Waals surface area contributed by atoms with Crippen LogP contribution in [0, 0.1) is 0 Å². The molecule has 0 saturated heterocycles. The molecule has 0 amide bonds. The van der Waals surface area contributed by atoms with E-state index in [1.165, 1.54) is 24.2 Å². The molecule has 0 aliphatic rings. The molecule has 114 valence electrons. The minimum Gasteiger partial charge on any atom is -0.337 e. The van der Waals surface area contributed by atoms with Crippen LogP contribution in [-0.4, -0.2) is 14.8 Å². The van der Waals surface area contributed by atoms with Crippen molar-refractivity contribution in [3.8, 4) is 0 Å². The van der Waals surface area contributed by atoms with Crippen molar-refractivity contribution in [2.24, 2.45) is 0 Å². The molecule has 0 spiro atoms. The molecule has 0 saturated carbocycles. The Bertz CT molecular complexity index is 543. The maximum atomic E-state index is 6.10. The van der Waals surface area contributed by atoms with E-state index < -0.39 is 0 Å². The number of nitrogens with zero attached hydrogens (tertiary/aromatic N) is 2. The number of aromatic nitrogens is 2. The molecule has 0 N–H and O–H groups in total. The third kappa shape index (κ3) is 5.57. The van der Waals surface area contributed by atoms with E-state index in [2.05, 4.69) is 22.5 Å². The van der Waals surface area contributed by atoms with Gasteiger partial charge in [0.1, 0.15) is 0 Å². The summed E-state index contributed by atoms with van der Waals surface area (Å²) in [7, 11) is 0. The number of halogens is 2. The van der Waals surface area contributed by atoms with E-state index in [0.29, 0.717) is 15.3 Å². The topological polar surface area (TPSA) is 17.8 Å². The Kier molecular flexibility index (Phi) is 6.94. The molecule has 0 aliphatic heterocycles. The largest absolute Gasteiger partial charge is 0.337 e. The summed E-state index contributed by atoms with van der Waals surface area (Å²) in [5, 5.41) is 1.83. The number of hydrogen-bond acceptors (Lipinski definition) is 2. The van der Waals surface area contributed by atoms with Gasteiger partial charge in [-0.05, 0) is 31.0 Å². The van der Waals surface area contributed by atoms with Gasteiger partial charge in [0.05, 0.1) is 16.4 Å². The summed E-state index contributed by atoms with van der Waals surface area (Å²) in [6.45, 7) is 3.24. The van der Waals surface area contributed by atoms with Gasteiger partial charge in [-0.3, -0.25) is 0 Å². The average Bonchev–Trinajstić information content (AvgIpc) is 2.99. The molecule has 2 nitrogen and oxygen atoms in total. The lowest BCUT2D eigenvalue weighted by atomic mass is 10.1. The van der Waals surface area contributed by atoms with Gasteiger partial charge in [-0.1, -0.05) is 43.0 Å². The van der Waals surface area contributed by atoms with Crippen LogP contribution >= 0.6 is 35.0 Å². The number of hydrogen-bond donors (Lipinski definition) is 0. The summed E-state index contributed by atoms with van der Waals surface area (Å²) in [6, 6.07) is 5.89. The van der Waals surface area contributed by atoms with Crippen molar-refractivity contribution in [2.75, 3.05) is 0 Å². The molecule has 0 aliphatic carbocycles. The molecular weight excluding hydrogens is 323 g/mol. The lowest BCUT2D eigenvalue weighted by Crippen LogP contribution is -2.07. The smallest absolute Gasteiger partial charge is 0.0945 e. The molecule has 1 unspecified atom stereocenters. The van der Waals surface area contributed by atoms with Crippen molar-refractivity contribution in [3.63, 3.8) is 0 Å². The van der Waals surface area contributed by atoms with Crippen LogP contribution in [0.3, 0.4) is 0 Å². The quantitative estimate of drug-likeness (QED) is 0.553. The van der Waals surface area contributed by atoms with E-state index in [1.807, 2.05) is 42.6 Å². The highest BCUT2D eigenvalue weighted by molar-refractivity contribution is 8.00. The first kappa shape index (κ1) is 16.7. The highest BCUT2D eigenvalue weighted by Crippen LogP contribution is 2.33. The van der Waals surface area contributed by atoms with E-state index in [1.54, 1.807) is 0 Å². The monoisotopic (exact) mass is 342 g/mol. The molecule has 0 radical (unpaired) electrons. The van der Waals surface area contributed by atoms with Gasteiger partial charge < -0.3 is 4.57 Å². The first-order valence-electron chi connectivity index (χ1n) is 7.26. The first-order valence-corrected chi connectivity index (χ1v) is 8.90. The van der Waals surface area contributed by atoms with Crippen LogP contribution in [0.2, 0.25) is 10.0 Å². The van der Waals surface area contributed by atoms with Crippen molar-refractivity contribution >= 4 is 35.0 Å². The van der Waals surface area contributed by atoms with E-state index in [0.717, 1.165) is 13.0 Å². The Labute approximate surface area is 140 Å². The second-order valence-corrected chi connectivity index (χ2v) is 7.24. The van der Waals surface area contributed by atoms with Gasteiger partial charge in [-0.15, -0.1) is 11.8 Å². The third-order valence-corrected chi connectivity index (χ3v) is 5.41. The highest BCUT2D eigenvalue weighted by Gasteiger charge is 2.11. The van der Waals surface area contributed by atoms with Crippen molar-refractivity contribution in [3.05, 3.63) is 47.0 Å². The Morgan fingerprint density at radius 2 is 2.10 bits per heavy atom. The number of benzene rings is 1. The minimum atomic E-state index is 0.588. The molecule has 2 rings (SSSR count). The molecule has 1 aromatic heterocycles. The molecule has 21 heavy (non-hydrogen) atoms. The van der Waals surface area contributed by atoms with Crippen LogP contribution in [-0.2, 0) is 6.54 Å². The number of aryl methyl sites for hydroxylation is 1. The molecule has 1 heterocycles. The number of imidazole rings is 1. The van der Waals surface area contributed by atoms with Crippen LogP contribution in [0.5, 0.6) is 0 Å². The molecule has 2 aromatic rings. The van der Waals surface area contributed by atoms with E-state index in [9.17, 15) is 0 Å². The van der Waals surface area contributed by atoms with Gasteiger partial charge in [0, 0.05) is 29.1 Å². The second-order valence-electron chi connectivity index (χ2n) is 5.05. The Morgan fingerprint density at radius 3 is 2.76 bits per heavy atom. The standard InChI is InChI=1S/C16H20Cl2N2S/c1-2-3-4-13(7-9-20-10-8-19-12-20)21-14-5-6-15(17)16(18)11-14/h5-6,8,10-13H,2-4,7,9H2,1H3. The minimum absolute atomic E-state index is 0.588. The molecule has 1 atom stereocenters. The van der Waals surface area contributed by atoms with Crippen LogP contribution in [0.25, 0.3) is 0 Å². The predicted molar refractivity (Wildman–Crippen MR) is 92.5 cm³/mol. The molecule has 5 heteroatoms. The highest BCUT2D eigenvalue weighted by atomic mass is 35.5. The zero-order valence-corrected chi connectivity index (χ0v) is 14.5. The van der Waals surface area contributed by atoms with E-state index in [4.69, 9.17) is 23.2 Å². The van der Waals surface area contributed by atoms with Gasteiger partial charge in [0.25, 0.3) is 0 Å². The predicted octanol–water partition coefficient (Wildman–Crippen LogP) is 5.93. The van der Waals surface area contributed by atoms with Crippen LogP contribution in [0.1, 0.15) is 32.6 Å². The summed E-state index contributed by atoms with van der Waals surface area (Å²) in [5.41, 5.74) is 0. The maximum absolute atomic E-state index is 6.10. The number of unbranched alkanes of at least 4 members (excludes halogenated alkanes) is 1. The zero-order valence-electron chi connectivity index (χ0n) is 12.1. The van der Waals surface area contributed by atoms with Gasteiger partial charge in [-0.2, -0.15) is 0 Å². The van der Waals surface area contributed by atoms with Gasteiger partial charge in [0.2, 0.25) is 0 Å². The lowest BCUT2D eigenvalue weighted by molar-refractivity contribution is 0.580. The summed E-state index contributed by atoms with van der Waals surface area (Å²) >= 11 is 14.0.